The number of hydrogen-bond donors (Lipinski definition) is 1. The van der Waals surface area contributed by atoms with Crippen LogP contribution in [-0.4, -0.2) is 30.5 Å². The fourth-order valence-electron chi connectivity index (χ4n) is 3.95. The summed E-state index contributed by atoms with van der Waals surface area (Å²) in [7, 11) is 0. The van der Waals surface area contributed by atoms with Crippen LogP contribution in [0.4, 0.5) is 0 Å². The smallest absolute Gasteiger partial charge is 0.245 e. The molecule has 4 aromatic heterocycles. The van der Waals surface area contributed by atoms with Crippen LogP contribution in [0.5, 0.6) is 0 Å². The van der Waals surface area contributed by atoms with Crippen molar-refractivity contribution in [1.82, 2.24) is 24.5 Å². The Hall–Kier alpha value is -3.06. The van der Waals surface area contributed by atoms with Crippen LogP contribution in [0.3, 0.4) is 0 Å². The number of nitrogens with zero attached hydrogens (tertiary/aromatic N) is 5. The highest BCUT2D eigenvalue weighted by atomic mass is 16.3. The summed E-state index contributed by atoms with van der Waals surface area (Å²) in [5.41, 5.74) is 9.68. The molecule has 0 unspecified atom stereocenters. The molecule has 4 heterocycles. The van der Waals surface area contributed by atoms with E-state index in [4.69, 9.17) is 15.1 Å². The van der Waals surface area contributed by atoms with Crippen LogP contribution in [0.15, 0.2) is 53.5 Å². The highest BCUT2D eigenvalue weighted by Crippen LogP contribution is 2.35. The summed E-state index contributed by atoms with van der Waals surface area (Å²) in [6.07, 6.45) is 11.0. The fraction of sp³-hybridized carbons (Fsp3) is 0.300. The van der Waals surface area contributed by atoms with Crippen LogP contribution in [-0.2, 0) is 0 Å². The summed E-state index contributed by atoms with van der Waals surface area (Å²) in [5, 5.41) is 0. The van der Waals surface area contributed by atoms with Gasteiger partial charge in [-0.2, -0.15) is 0 Å². The Morgan fingerprint density at radius 2 is 2.04 bits per heavy atom. The molecule has 1 aliphatic rings. The number of hydrogen-bond acceptors (Lipinski definition) is 6. The molecule has 0 saturated heterocycles. The Morgan fingerprint density at radius 3 is 2.81 bits per heavy atom. The van der Waals surface area contributed by atoms with Crippen molar-refractivity contribution in [3.8, 4) is 23.1 Å². The molecule has 1 fully saturated rings. The maximum atomic E-state index is 6.28. The van der Waals surface area contributed by atoms with Crippen LogP contribution in [0.1, 0.15) is 31.7 Å². The van der Waals surface area contributed by atoms with Gasteiger partial charge in [-0.1, -0.05) is 6.07 Å². The Morgan fingerprint density at radius 1 is 1.07 bits per heavy atom. The van der Waals surface area contributed by atoms with Gasteiger partial charge in [0.2, 0.25) is 5.89 Å². The second kappa shape index (κ2) is 6.59. The molecule has 27 heavy (non-hydrogen) atoms. The number of imidazole rings is 1. The standard InChI is InChI=1S/C20H20N6O/c21-13-4-3-5-14(10-13)26-18-11-16(20-23-8-9-27-20)24-12-17(18)25-19(26)15-6-1-2-7-22-15/h1-2,6-9,11-14H,3-5,10,21H2/t13-,14+/m0/s1. The van der Waals surface area contributed by atoms with Crippen molar-refractivity contribution < 1.29 is 4.42 Å². The van der Waals surface area contributed by atoms with Gasteiger partial charge in [-0.3, -0.25) is 4.98 Å². The second-order valence-corrected chi connectivity index (χ2v) is 7.00. The molecule has 4 aromatic rings. The van der Waals surface area contributed by atoms with E-state index in [0.29, 0.717) is 11.6 Å². The first-order valence-electron chi connectivity index (χ1n) is 9.24. The van der Waals surface area contributed by atoms with Crippen LogP contribution in [0, 0.1) is 0 Å². The Bertz CT molecular complexity index is 1060. The Balaban J connectivity index is 1.72. The van der Waals surface area contributed by atoms with E-state index < -0.39 is 0 Å². The van der Waals surface area contributed by atoms with Crippen LogP contribution < -0.4 is 5.73 Å². The largest absolute Gasteiger partial charge is 0.443 e. The van der Waals surface area contributed by atoms with Gasteiger partial charge < -0.3 is 14.7 Å². The van der Waals surface area contributed by atoms with Gasteiger partial charge in [-0.05, 0) is 43.9 Å². The van der Waals surface area contributed by atoms with Crippen LogP contribution in [0.25, 0.3) is 34.1 Å². The van der Waals surface area contributed by atoms with Crippen molar-refractivity contribution >= 4 is 11.0 Å². The lowest BCUT2D eigenvalue weighted by Crippen LogP contribution is -2.29. The van der Waals surface area contributed by atoms with Crippen molar-refractivity contribution in [2.45, 2.75) is 37.8 Å². The fourth-order valence-corrected chi connectivity index (χ4v) is 3.95. The van der Waals surface area contributed by atoms with Crippen molar-refractivity contribution in [2.24, 2.45) is 5.73 Å². The maximum Gasteiger partial charge on any atom is 0.245 e. The molecule has 5 rings (SSSR count). The average molecular weight is 360 g/mol. The van der Waals surface area contributed by atoms with Gasteiger partial charge in [0, 0.05) is 18.3 Å². The average Bonchev–Trinajstić information content (AvgIpc) is 3.36. The third-order valence-corrected chi connectivity index (χ3v) is 5.17. The predicted molar refractivity (Wildman–Crippen MR) is 102 cm³/mol. The van der Waals surface area contributed by atoms with Gasteiger partial charge in [-0.15, -0.1) is 0 Å². The third-order valence-electron chi connectivity index (χ3n) is 5.17. The molecule has 7 heteroatoms. The lowest BCUT2D eigenvalue weighted by atomic mass is 9.91. The molecule has 0 amide bonds. The van der Waals surface area contributed by atoms with Crippen LogP contribution in [0.2, 0.25) is 0 Å². The SMILES string of the molecule is N[C@H]1CCC[C@@H](n2c(-c3ccccn3)nc3cnc(-c4ncco4)cc32)C1. The molecule has 1 aliphatic carbocycles. The predicted octanol–water partition coefficient (Wildman–Crippen LogP) is 3.59. The van der Waals surface area contributed by atoms with E-state index in [1.807, 2.05) is 24.3 Å². The summed E-state index contributed by atoms with van der Waals surface area (Å²) in [6.45, 7) is 0. The highest BCUT2D eigenvalue weighted by Gasteiger charge is 2.26. The molecular formula is C20H20N6O. The van der Waals surface area contributed by atoms with E-state index >= 15 is 0 Å². The zero-order valence-corrected chi connectivity index (χ0v) is 14.8. The van der Waals surface area contributed by atoms with E-state index in [0.717, 1.165) is 48.2 Å². The Labute approximate surface area is 156 Å². The number of rotatable bonds is 3. The minimum Gasteiger partial charge on any atom is -0.443 e. The lowest BCUT2D eigenvalue weighted by Gasteiger charge is -2.29. The first kappa shape index (κ1) is 16.1. The summed E-state index contributed by atoms with van der Waals surface area (Å²) >= 11 is 0. The number of aromatic nitrogens is 5. The van der Waals surface area contributed by atoms with E-state index in [1.165, 1.54) is 0 Å². The normalized spacial score (nSPS) is 20.2. The molecule has 0 aromatic carbocycles. The number of fused-ring (bicyclic) bond motifs is 1. The van der Waals surface area contributed by atoms with E-state index in [9.17, 15) is 0 Å². The summed E-state index contributed by atoms with van der Waals surface area (Å²) < 4.78 is 7.71. The molecule has 136 valence electrons. The molecule has 2 atom stereocenters. The van der Waals surface area contributed by atoms with E-state index in [-0.39, 0.29) is 12.1 Å². The van der Waals surface area contributed by atoms with Gasteiger partial charge >= 0.3 is 0 Å². The Kier molecular flexibility index (Phi) is 3.94. The summed E-state index contributed by atoms with van der Waals surface area (Å²) in [5.74, 6) is 1.36. The van der Waals surface area contributed by atoms with Crippen molar-refractivity contribution in [1.29, 1.82) is 0 Å². The second-order valence-electron chi connectivity index (χ2n) is 7.00. The molecule has 0 bridgehead atoms. The molecule has 1 saturated carbocycles. The van der Waals surface area contributed by atoms with Gasteiger partial charge in [0.1, 0.15) is 23.2 Å². The van der Waals surface area contributed by atoms with Crippen molar-refractivity contribution in [2.75, 3.05) is 0 Å². The van der Waals surface area contributed by atoms with E-state index in [1.54, 1.807) is 24.9 Å². The molecule has 0 spiro atoms. The zero-order valence-electron chi connectivity index (χ0n) is 14.8. The quantitative estimate of drug-likeness (QED) is 0.600. The van der Waals surface area contributed by atoms with Gasteiger partial charge in [-0.25, -0.2) is 15.0 Å². The monoisotopic (exact) mass is 360 g/mol. The van der Waals surface area contributed by atoms with Gasteiger partial charge in [0.25, 0.3) is 0 Å². The number of nitrogens with two attached hydrogens (primary N) is 1. The zero-order chi connectivity index (χ0) is 18.2. The van der Waals surface area contributed by atoms with Crippen molar-refractivity contribution in [3.63, 3.8) is 0 Å². The van der Waals surface area contributed by atoms with Crippen LogP contribution >= 0.6 is 0 Å². The van der Waals surface area contributed by atoms with Crippen molar-refractivity contribution in [3.05, 3.63) is 49.1 Å². The summed E-state index contributed by atoms with van der Waals surface area (Å²) in [6, 6.07) is 8.38. The lowest BCUT2D eigenvalue weighted by molar-refractivity contribution is 0.327. The molecular weight excluding hydrogens is 340 g/mol. The third kappa shape index (κ3) is 2.90. The molecule has 2 N–H and O–H groups in total. The summed E-state index contributed by atoms with van der Waals surface area (Å²) in [4.78, 5) is 18.1. The van der Waals surface area contributed by atoms with Gasteiger partial charge in [0.05, 0.1) is 17.9 Å². The number of pyridine rings is 2. The van der Waals surface area contributed by atoms with Gasteiger partial charge in [0.15, 0.2) is 5.82 Å². The molecule has 0 aliphatic heterocycles. The maximum absolute atomic E-state index is 6.28. The minimum atomic E-state index is 0.214. The minimum absolute atomic E-state index is 0.214. The first-order valence-corrected chi connectivity index (χ1v) is 9.24. The first-order chi connectivity index (χ1) is 13.3. The number of oxazole rings is 1. The van der Waals surface area contributed by atoms with E-state index in [2.05, 4.69) is 19.5 Å². The molecule has 0 radical (unpaired) electrons. The molecule has 7 nitrogen and oxygen atoms in total. The highest BCUT2D eigenvalue weighted by molar-refractivity contribution is 5.82. The topological polar surface area (TPSA) is 95.7 Å².